The molecule has 1 aliphatic carbocycles. The molecule has 154 valence electrons. The lowest BCUT2D eigenvalue weighted by Gasteiger charge is -2.24. The van der Waals surface area contributed by atoms with Gasteiger partial charge in [0, 0.05) is 18.2 Å². The van der Waals surface area contributed by atoms with Crippen LogP contribution in [0.4, 0.5) is 13.2 Å². The molecule has 0 radical (unpaired) electrons. The van der Waals surface area contributed by atoms with E-state index in [-0.39, 0.29) is 34.1 Å². The first kappa shape index (κ1) is 19.9. The fourth-order valence-electron chi connectivity index (χ4n) is 3.54. The Balaban J connectivity index is 1.77. The number of nitriles is 1. The number of nitrogens with one attached hydrogen (secondary N) is 1. The van der Waals surface area contributed by atoms with Gasteiger partial charge in [0.15, 0.2) is 11.3 Å². The lowest BCUT2D eigenvalue weighted by molar-refractivity contribution is -0.0239. The number of aromatic nitrogens is 3. The van der Waals surface area contributed by atoms with Gasteiger partial charge in [0.1, 0.15) is 12.1 Å². The number of hydrogen-bond acceptors (Lipinski definition) is 4. The monoisotopic (exact) mass is 413 g/mol. The molecular weight excluding hydrogens is 395 g/mol. The molecule has 1 amide bonds. The van der Waals surface area contributed by atoms with E-state index in [0.717, 1.165) is 6.92 Å². The molecule has 0 bridgehead atoms. The van der Waals surface area contributed by atoms with Crippen LogP contribution in [0.2, 0.25) is 0 Å². The van der Waals surface area contributed by atoms with Crippen molar-refractivity contribution >= 4 is 11.6 Å². The number of rotatable bonds is 5. The third-order valence-electron chi connectivity index (χ3n) is 5.21. The third kappa shape index (κ3) is 3.61. The highest BCUT2D eigenvalue weighted by Crippen LogP contribution is 2.39. The van der Waals surface area contributed by atoms with Crippen LogP contribution in [-0.4, -0.2) is 32.2 Å². The Morgan fingerprint density at radius 2 is 2.10 bits per heavy atom. The second-order valence-corrected chi connectivity index (χ2v) is 7.62. The maximum Gasteiger partial charge on any atom is 0.274 e. The SMILES string of the molecule is Cc1cc(-c2cc(F)ccc2C#N)nc2c(C(=O)NC(C3CC3)C(C)(F)F)ncn12. The number of fused-ring (bicyclic) bond motifs is 1. The van der Waals surface area contributed by atoms with Crippen LogP contribution in [0.15, 0.2) is 30.6 Å². The van der Waals surface area contributed by atoms with Gasteiger partial charge in [-0.25, -0.2) is 23.1 Å². The zero-order chi connectivity index (χ0) is 21.6. The molecule has 30 heavy (non-hydrogen) atoms. The van der Waals surface area contributed by atoms with Crippen LogP contribution in [0.3, 0.4) is 0 Å². The molecule has 4 rings (SSSR count). The number of benzene rings is 1. The van der Waals surface area contributed by atoms with Gasteiger partial charge in [-0.05, 0) is 49.9 Å². The standard InChI is InChI=1S/C21H18F3N5O/c1-11-7-16(15-8-14(22)6-5-13(15)9-25)27-19-17(26-10-29(11)19)20(30)28-18(12-3-4-12)21(2,23)24/h5-8,10,12,18H,3-4H2,1-2H3,(H,28,30). The molecule has 1 aliphatic rings. The average Bonchev–Trinajstić information content (AvgIpc) is 3.42. The number of amides is 1. The highest BCUT2D eigenvalue weighted by molar-refractivity contribution is 5.98. The highest BCUT2D eigenvalue weighted by Gasteiger charge is 2.46. The largest absolute Gasteiger partial charge is 0.342 e. The first-order valence-corrected chi connectivity index (χ1v) is 9.42. The summed E-state index contributed by atoms with van der Waals surface area (Å²) in [5.74, 6) is -4.62. The van der Waals surface area contributed by atoms with Crippen molar-refractivity contribution in [2.24, 2.45) is 5.92 Å². The van der Waals surface area contributed by atoms with Crippen LogP contribution < -0.4 is 5.32 Å². The van der Waals surface area contributed by atoms with Gasteiger partial charge in [-0.2, -0.15) is 5.26 Å². The summed E-state index contributed by atoms with van der Waals surface area (Å²) in [7, 11) is 0. The highest BCUT2D eigenvalue weighted by atomic mass is 19.3. The van der Waals surface area contributed by atoms with Crippen molar-refractivity contribution in [2.45, 2.75) is 38.7 Å². The third-order valence-corrected chi connectivity index (χ3v) is 5.21. The lowest BCUT2D eigenvalue weighted by atomic mass is 10.0. The van der Waals surface area contributed by atoms with E-state index in [2.05, 4.69) is 15.3 Å². The summed E-state index contributed by atoms with van der Waals surface area (Å²) in [4.78, 5) is 21.2. The molecule has 3 aromatic rings. The van der Waals surface area contributed by atoms with E-state index in [1.54, 1.807) is 17.4 Å². The zero-order valence-electron chi connectivity index (χ0n) is 16.3. The van der Waals surface area contributed by atoms with Gasteiger partial charge in [-0.3, -0.25) is 9.20 Å². The maximum atomic E-state index is 13.9. The number of aryl methyl sites for hydroxylation is 1. The molecule has 2 heterocycles. The Morgan fingerprint density at radius 1 is 1.37 bits per heavy atom. The number of carbonyl (C=O) groups is 1. The van der Waals surface area contributed by atoms with E-state index in [1.165, 1.54) is 24.5 Å². The van der Waals surface area contributed by atoms with Crippen LogP contribution in [0.25, 0.3) is 16.9 Å². The Hall–Kier alpha value is -3.41. The van der Waals surface area contributed by atoms with Crippen LogP contribution in [-0.2, 0) is 0 Å². The maximum absolute atomic E-state index is 13.9. The minimum atomic E-state index is -3.07. The summed E-state index contributed by atoms with van der Waals surface area (Å²) >= 11 is 0. The number of hydrogen-bond donors (Lipinski definition) is 1. The molecule has 0 aliphatic heterocycles. The molecule has 1 aromatic carbocycles. The Bertz CT molecular complexity index is 1190. The van der Waals surface area contributed by atoms with Crippen molar-refractivity contribution in [1.82, 2.24) is 19.7 Å². The van der Waals surface area contributed by atoms with Gasteiger partial charge >= 0.3 is 0 Å². The van der Waals surface area contributed by atoms with E-state index < -0.39 is 23.7 Å². The van der Waals surface area contributed by atoms with Crippen LogP contribution >= 0.6 is 0 Å². The molecule has 1 atom stereocenters. The van der Waals surface area contributed by atoms with Crippen molar-refractivity contribution in [3.05, 3.63) is 53.4 Å². The predicted octanol–water partition coefficient (Wildman–Crippen LogP) is 3.88. The summed E-state index contributed by atoms with van der Waals surface area (Å²) in [6, 6.07) is 6.06. The van der Waals surface area contributed by atoms with Crippen molar-refractivity contribution < 1.29 is 18.0 Å². The zero-order valence-corrected chi connectivity index (χ0v) is 16.3. The van der Waals surface area contributed by atoms with Gasteiger partial charge in [0.05, 0.1) is 23.4 Å². The first-order chi connectivity index (χ1) is 14.2. The number of imidazole rings is 1. The summed E-state index contributed by atoms with van der Waals surface area (Å²) < 4.78 is 43.2. The second kappa shape index (κ2) is 7.13. The molecular formula is C21H18F3N5O. The summed E-state index contributed by atoms with van der Waals surface area (Å²) in [6.45, 7) is 2.52. The van der Waals surface area contributed by atoms with Crippen LogP contribution in [0.5, 0.6) is 0 Å². The number of nitrogens with zero attached hydrogens (tertiary/aromatic N) is 4. The number of halogens is 3. The summed E-state index contributed by atoms with van der Waals surface area (Å²) in [6.07, 6.45) is 2.65. The predicted molar refractivity (Wildman–Crippen MR) is 102 cm³/mol. The smallest absolute Gasteiger partial charge is 0.274 e. The van der Waals surface area contributed by atoms with E-state index in [1.807, 2.05) is 6.07 Å². The van der Waals surface area contributed by atoms with Crippen molar-refractivity contribution in [3.63, 3.8) is 0 Å². The van der Waals surface area contributed by atoms with Crippen molar-refractivity contribution in [1.29, 1.82) is 5.26 Å². The fourth-order valence-corrected chi connectivity index (χ4v) is 3.54. The molecule has 1 unspecified atom stereocenters. The van der Waals surface area contributed by atoms with Crippen molar-refractivity contribution in [3.8, 4) is 17.3 Å². The van der Waals surface area contributed by atoms with Gasteiger partial charge in [-0.1, -0.05) is 0 Å². The quantitative estimate of drug-likeness (QED) is 0.688. The van der Waals surface area contributed by atoms with Crippen LogP contribution in [0.1, 0.15) is 41.5 Å². The molecule has 6 nitrogen and oxygen atoms in total. The van der Waals surface area contributed by atoms with Crippen LogP contribution in [0, 0.1) is 30.0 Å². The summed E-state index contributed by atoms with van der Waals surface area (Å²) in [5, 5.41) is 11.7. The molecule has 9 heteroatoms. The van der Waals surface area contributed by atoms with E-state index in [4.69, 9.17) is 0 Å². The molecule has 0 spiro atoms. The van der Waals surface area contributed by atoms with Gasteiger partial charge in [0.25, 0.3) is 11.8 Å². The average molecular weight is 413 g/mol. The minimum absolute atomic E-state index is 0.107. The van der Waals surface area contributed by atoms with E-state index >= 15 is 0 Å². The van der Waals surface area contributed by atoms with Gasteiger partial charge in [-0.15, -0.1) is 0 Å². The first-order valence-electron chi connectivity index (χ1n) is 9.42. The lowest BCUT2D eigenvalue weighted by Crippen LogP contribution is -2.47. The fraction of sp³-hybridized carbons (Fsp3) is 0.333. The van der Waals surface area contributed by atoms with Gasteiger partial charge in [0.2, 0.25) is 0 Å². The van der Waals surface area contributed by atoms with Crippen molar-refractivity contribution in [2.75, 3.05) is 0 Å². The van der Waals surface area contributed by atoms with E-state index in [0.29, 0.717) is 18.5 Å². The number of carbonyl (C=O) groups excluding carboxylic acids is 1. The molecule has 0 saturated heterocycles. The van der Waals surface area contributed by atoms with E-state index in [9.17, 15) is 23.2 Å². The Labute approximate surface area is 170 Å². The normalized spacial score (nSPS) is 15.1. The topological polar surface area (TPSA) is 83.1 Å². The Morgan fingerprint density at radius 3 is 2.73 bits per heavy atom. The Kier molecular flexibility index (Phi) is 4.73. The number of alkyl halides is 2. The molecule has 1 fully saturated rings. The molecule has 2 aromatic heterocycles. The minimum Gasteiger partial charge on any atom is -0.342 e. The van der Waals surface area contributed by atoms with Gasteiger partial charge < -0.3 is 5.32 Å². The second-order valence-electron chi connectivity index (χ2n) is 7.62. The molecule has 1 saturated carbocycles. The summed E-state index contributed by atoms with van der Waals surface area (Å²) in [5.41, 5.74) is 1.44. The molecule has 1 N–H and O–H groups in total.